The molecule has 1 aromatic rings. The highest BCUT2D eigenvalue weighted by Crippen LogP contribution is 2.33. The number of rotatable bonds is 5. The van der Waals surface area contributed by atoms with E-state index in [1.807, 2.05) is 0 Å². The number of sulfonamides is 1. The highest BCUT2D eigenvalue weighted by molar-refractivity contribution is 7.90. The zero-order valence-corrected chi connectivity index (χ0v) is 12.7. The minimum absolute atomic E-state index is 0.0211. The lowest BCUT2D eigenvalue weighted by Gasteiger charge is -2.22. The Labute approximate surface area is 124 Å². The largest absolute Gasteiger partial charge is 0.472 e. The van der Waals surface area contributed by atoms with Gasteiger partial charge in [-0.1, -0.05) is 0 Å². The second kappa shape index (κ2) is 6.05. The van der Waals surface area contributed by atoms with Crippen molar-refractivity contribution in [3.05, 3.63) is 24.2 Å². The van der Waals surface area contributed by atoms with E-state index in [4.69, 9.17) is 14.0 Å². The summed E-state index contributed by atoms with van der Waals surface area (Å²) in [6.45, 7) is 1.16. The molecule has 1 N–H and O–H groups in total. The number of nitrogens with one attached hydrogen (secondary N) is 1. The predicted molar refractivity (Wildman–Crippen MR) is 74.8 cm³/mol. The van der Waals surface area contributed by atoms with Gasteiger partial charge in [0.1, 0.15) is 5.25 Å². The zero-order valence-electron chi connectivity index (χ0n) is 11.9. The van der Waals surface area contributed by atoms with Crippen LogP contribution in [-0.2, 0) is 19.6 Å². The van der Waals surface area contributed by atoms with Crippen LogP contribution in [0.15, 0.2) is 23.0 Å². The molecule has 3 unspecified atom stereocenters. The van der Waals surface area contributed by atoms with Crippen molar-refractivity contribution in [1.29, 1.82) is 0 Å². The molecule has 0 radical (unpaired) electrons. The third kappa shape index (κ3) is 3.14. The van der Waals surface area contributed by atoms with Crippen molar-refractivity contribution in [3.63, 3.8) is 0 Å². The number of hydrogen-bond acceptors (Lipinski definition) is 6. The van der Waals surface area contributed by atoms with Gasteiger partial charge in [0.15, 0.2) is 0 Å². The van der Waals surface area contributed by atoms with E-state index in [2.05, 4.69) is 4.72 Å². The van der Waals surface area contributed by atoms with Crippen molar-refractivity contribution < 1.29 is 22.4 Å². The first-order valence-electron chi connectivity index (χ1n) is 7.06. The van der Waals surface area contributed by atoms with Gasteiger partial charge in [-0.3, -0.25) is 4.84 Å². The van der Waals surface area contributed by atoms with Gasteiger partial charge >= 0.3 is 0 Å². The van der Waals surface area contributed by atoms with Crippen molar-refractivity contribution >= 4 is 10.0 Å². The summed E-state index contributed by atoms with van der Waals surface area (Å²) in [5.41, 5.74) is 0.794. The molecule has 3 atom stereocenters. The molecule has 2 aliphatic rings. The molecule has 118 valence electrons. The fourth-order valence-corrected chi connectivity index (χ4v) is 4.39. The van der Waals surface area contributed by atoms with Gasteiger partial charge in [0.25, 0.3) is 0 Å². The molecular weight excluding hydrogens is 296 g/mol. The van der Waals surface area contributed by atoms with Gasteiger partial charge in [0, 0.05) is 25.8 Å². The fraction of sp³-hybridized carbons (Fsp3) is 0.692. The minimum atomic E-state index is -3.49. The van der Waals surface area contributed by atoms with Gasteiger partial charge < -0.3 is 9.15 Å². The van der Waals surface area contributed by atoms with Gasteiger partial charge in [0.05, 0.1) is 31.3 Å². The first-order valence-corrected chi connectivity index (χ1v) is 8.60. The fourth-order valence-electron chi connectivity index (χ4n) is 2.85. The van der Waals surface area contributed by atoms with Crippen LogP contribution in [0.5, 0.6) is 0 Å². The van der Waals surface area contributed by atoms with Gasteiger partial charge in [-0.25, -0.2) is 13.1 Å². The van der Waals surface area contributed by atoms with Gasteiger partial charge in [-0.15, -0.1) is 0 Å². The monoisotopic (exact) mass is 316 g/mol. The van der Waals surface area contributed by atoms with E-state index < -0.39 is 15.3 Å². The van der Waals surface area contributed by atoms with Crippen LogP contribution < -0.4 is 4.72 Å². The standard InChI is InChI=1S/C13H20N2O5S/c1-15-13(10-4-6-18-8-10)12(9-20-15)21(16,17)14-7-11-3-2-5-19-11/h4,6,8,11-14H,2-3,5,7,9H2,1H3. The summed E-state index contributed by atoms with van der Waals surface area (Å²) in [4.78, 5) is 5.40. The Morgan fingerprint density at radius 2 is 2.33 bits per heavy atom. The molecule has 0 spiro atoms. The lowest BCUT2D eigenvalue weighted by molar-refractivity contribution is -0.110. The van der Waals surface area contributed by atoms with Gasteiger partial charge in [0.2, 0.25) is 10.0 Å². The molecule has 2 fully saturated rings. The van der Waals surface area contributed by atoms with Gasteiger partial charge in [-0.05, 0) is 18.9 Å². The molecule has 3 rings (SSSR count). The maximum atomic E-state index is 12.5. The highest BCUT2D eigenvalue weighted by Gasteiger charge is 2.43. The highest BCUT2D eigenvalue weighted by atomic mass is 32.2. The molecule has 2 saturated heterocycles. The maximum Gasteiger partial charge on any atom is 0.218 e. The predicted octanol–water partition coefficient (Wildman–Crippen LogP) is 0.665. The Morgan fingerprint density at radius 1 is 1.48 bits per heavy atom. The molecule has 8 heteroatoms. The molecule has 3 heterocycles. The number of ether oxygens (including phenoxy) is 1. The number of nitrogens with zero attached hydrogens (tertiary/aromatic N) is 1. The third-order valence-corrected chi connectivity index (χ3v) is 5.77. The smallest absolute Gasteiger partial charge is 0.218 e. The Morgan fingerprint density at radius 3 is 3.00 bits per heavy atom. The van der Waals surface area contributed by atoms with E-state index in [1.165, 1.54) is 6.26 Å². The van der Waals surface area contributed by atoms with Crippen molar-refractivity contribution in [2.75, 3.05) is 26.8 Å². The lowest BCUT2D eigenvalue weighted by Crippen LogP contribution is -2.42. The van der Waals surface area contributed by atoms with Crippen LogP contribution in [0.3, 0.4) is 0 Å². The average molecular weight is 316 g/mol. The average Bonchev–Trinajstić information content (AvgIpc) is 3.17. The van der Waals surface area contributed by atoms with E-state index >= 15 is 0 Å². The Balaban J connectivity index is 1.71. The van der Waals surface area contributed by atoms with Crippen molar-refractivity contribution in [2.24, 2.45) is 0 Å². The SMILES string of the molecule is CN1OCC(S(=O)(=O)NCC2CCCO2)C1c1ccoc1. The number of hydroxylamine groups is 2. The molecular formula is C13H20N2O5S. The molecule has 1 aromatic heterocycles. The summed E-state index contributed by atoms with van der Waals surface area (Å²) < 4.78 is 38.2. The van der Waals surface area contributed by atoms with E-state index in [9.17, 15) is 8.42 Å². The van der Waals surface area contributed by atoms with Crippen LogP contribution in [0.25, 0.3) is 0 Å². The van der Waals surface area contributed by atoms with Crippen LogP contribution in [-0.4, -0.2) is 51.6 Å². The topological polar surface area (TPSA) is 81.0 Å². The molecule has 0 aliphatic carbocycles. The quantitative estimate of drug-likeness (QED) is 0.860. The number of hydrogen-bond donors (Lipinski definition) is 1. The lowest BCUT2D eigenvalue weighted by atomic mass is 10.1. The van der Waals surface area contributed by atoms with Crippen molar-refractivity contribution in [2.45, 2.75) is 30.2 Å². The van der Waals surface area contributed by atoms with Gasteiger partial charge in [-0.2, -0.15) is 5.06 Å². The number of furan rings is 1. The third-order valence-electron chi connectivity index (χ3n) is 4.01. The van der Waals surface area contributed by atoms with Crippen LogP contribution >= 0.6 is 0 Å². The molecule has 0 saturated carbocycles. The molecule has 0 bridgehead atoms. The van der Waals surface area contributed by atoms with Crippen molar-refractivity contribution in [3.8, 4) is 0 Å². The first kappa shape index (κ1) is 15.0. The van der Waals surface area contributed by atoms with Crippen LogP contribution in [0.1, 0.15) is 24.4 Å². The Bertz CT molecular complexity index is 553. The molecule has 7 nitrogen and oxygen atoms in total. The minimum Gasteiger partial charge on any atom is -0.472 e. The normalized spacial score (nSPS) is 31.0. The Kier molecular flexibility index (Phi) is 4.32. The summed E-state index contributed by atoms with van der Waals surface area (Å²) in [7, 11) is -1.76. The molecule has 21 heavy (non-hydrogen) atoms. The van der Waals surface area contributed by atoms with E-state index in [-0.39, 0.29) is 18.8 Å². The van der Waals surface area contributed by atoms with E-state index in [1.54, 1.807) is 24.4 Å². The second-order valence-corrected chi connectivity index (χ2v) is 7.39. The van der Waals surface area contributed by atoms with Crippen LogP contribution in [0, 0.1) is 0 Å². The summed E-state index contributed by atoms with van der Waals surface area (Å²) in [6, 6.07) is 1.39. The molecule has 0 aromatic carbocycles. The summed E-state index contributed by atoms with van der Waals surface area (Å²) in [6.07, 6.45) is 4.95. The molecule has 2 aliphatic heterocycles. The Hall–Kier alpha value is -0.930. The van der Waals surface area contributed by atoms with E-state index in [0.717, 1.165) is 18.4 Å². The van der Waals surface area contributed by atoms with Crippen LogP contribution in [0.4, 0.5) is 0 Å². The summed E-state index contributed by atoms with van der Waals surface area (Å²) in [5, 5.41) is 0.905. The first-order chi connectivity index (χ1) is 10.1. The van der Waals surface area contributed by atoms with Crippen molar-refractivity contribution in [1.82, 2.24) is 9.79 Å². The maximum absolute atomic E-state index is 12.5. The second-order valence-electron chi connectivity index (χ2n) is 5.41. The summed E-state index contributed by atoms with van der Waals surface area (Å²) in [5.74, 6) is 0. The molecule has 0 amide bonds. The van der Waals surface area contributed by atoms with E-state index in [0.29, 0.717) is 13.2 Å². The zero-order chi connectivity index (χ0) is 14.9. The van der Waals surface area contributed by atoms with Crippen LogP contribution in [0.2, 0.25) is 0 Å². The summed E-state index contributed by atoms with van der Waals surface area (Å²) >= 11 is 0.